The third-order valence-electron chi connectivity index (χ3n) is 1.49. The predicted octanol–water partition coefficient (Wildman–Crippen LogP) is 1.13. The first kappa shape index (κ1) is 5.10. The molecule has 0 aromatic carbocycles. The molecule has 7 heavy (non-hydrogen) atoms. The molecule has 1 atom stereocenters. The van der Waals surface area contributed by atoms with Crippen LogP contribution in [-0.2, 0) is 0 Å². The smallest absolute Gasteiger partial charge is 0.0249 e. The third kappa shape index (κ3) is 1.16. The molecule has 1 heteroatoms. The van der Waals surface area contributed by atoms with Crippen molar-refractivity contribution in [1.29, 1.82) is 0 Å². The van der Waals surface area contributed by atoms with Gasteiger partial charge >= 0.3 is 0 Å². The molecule has 0 aliphatic heterocycles. The zero-order valence-corrected chi connectivity index (χ0v) is 4.65. The number of aliphatic hydroxyl groups is 1. The normalized spacial score (nSPS) is 34.3. The van der Waals surface area contributed by atoms with Crippen LogP contribution in [0.5, 0.6) is 0 Å². The van der Waals surface area contributed by atoms with E-state index in [4.69, 9.17) is 5.11 Å². The molecule has 0 radical (unpaired) electrons. The van der Waals surface area contributed by atoms with E-state index >= 15 is 0 Å². The standard InChI is InChI=1S/C6H11O/c1-5-2-3-6(7)4-5/h6-7H,2-4H2,1H3/q-1. The van der Waals surface area contributed by atoms with Crippen LogP contribution in [0.25, 0.3) is 0 Å². The van der Waals surface area contributed by atoms with Crippen LogP contribution in [0.4, 0.5) is 0 Å². The molecule has 1 aliphatic carbocycles. The Hall–Kier alpha value is -0.0400. The minimum atomic E-state index is -0.0139. The summed E-state index contributed by atoms with van der Waals surface area (Å²) in [7, 11) is 0. The first-order valence-corrected chi connectivity index (χ1v) is 2.78. The van der Waals surface area contributed by atoms with Gasteiger partial charge in [-0.05, 0) is 0 Å². The Bertz CT molecular complexity index is 53.2. The van der Waals surface area contributed by atoms with Gasteiger partial charge in [0.1, 0.15) is 0 Å². The molecule has 1 aliphatic rings. The Labute approximate surface area is 44.4 Å². The van der Waals surface area contributed by atoms with Gasteiger partial charge in [0.2, 0.25) is 0 Å². The molecular formula is C6H11O-. The van der Waals surface area contributed by atoms with E-state index < -0.39 is 0 Å². The maximum Gasteiger partial charge on any atom is 0.0249 e. The molecule has 0 saturated heterocycles. The Morgan fingerprint density at radius 1 is 1.71 bits per heavy atom. The van der Waals surface area contributed by atoms with Crippen LogP contribution in [-0.4, -0.2) is 11.2 Å². The molecule has 1 nitrogen and oxygen atoms in total. The van der Waals surface area contributed by atoms with Gasteiger partial charge < -0.3 is 11.0 Å². The van der Waals surface area contributed by atoms with E-state index in [9.17, 15) is 0 Å². The van der Waals surface area contributed by atoms with E-state index in [1.165, 1.54) is 5.92 Å². The van der Waals surface area contributed by atoms with E-state index in [2.05, 4.69) is 6.92 Å². The van der Waals surface area contributed by atoms with Crippen LogP contribution in [0.2, 0.25) is 0 Å². The van der Waals surface area contributed by atoms with Crippen LogP contribution in [0.1, 0.15) is 26.2 Å². The molecule has 1 fully saturated rings. The number of hydrogen-bond donors (Lipinski definition) is 1. The summed E-state index contributed by atoms with van der Waals surface area (Å²) < 4.78 is 0. The van der Waals surface area contributed by atoms with E-state index in [0.717, 1.165) is 19.3 Å². The second kappa shape index (κ2) is 1.83. The van der Waals surface area contributed by atoms with Gasteiger partial charge in [0.15, 0.2) is 0 Å². The predicted molar refractivity (Wildman–Crippen MR) is 28.8 cm³/mol. The van der Waals surface area contributed by atoms with Crippen LogP contribution < -0.4 is 0 Å². The average Bonchev–Trinajstić information content (AvgIpc) is 1.87. The molecule has 1 rings (SSSR count). The van der Waals surface area contributed by atoms with Crippen molar-refractivity contribution >= 4 is 0 Å². The van der Waals surface area contributed by atoms with Crippen LogP contribution in [0.15, 0.2) is 0 Å². The maximum absolute atomic E-state index is 8.88. The molecular weight excluding hydrogens is 88.1 g/mol. The molecule has 42 valence electrons. The Kier molecular flexibility index (Phi) is 1.33. The SMILES string of the molecule is C[C-]1CCC(O)C1. The third-order valence-corrected chi connectivity index (χ3v) is 1.49. The van der Waals surface area contributed by atoms with Gasteiger partial charge in [0.25, 0.3) is 0 Å². The fourth-order valence-corrected chi connectivity index (χ4v) is 1.02. The Balaban J connectivity index is 2.26. The van der Waals surface area contributed by atoms with Gasteiger partial charge in [-0.15, -0.1) is 0 Å². The van der Waals surface area contributed by atoms with Crippen molar-refractivity contribution in [1.82, 2.24) is 0 Å². The largest absolute Gasteiger partial charge is 0.396 e. The maximum atomic E-state index is 8.88. The fourth-order valence-electron chi connectivity index (χ4n) is 1.02. The van der Waals surface area contributed by atoms with Gasteiger partial charge in [-0.3, -0.25) is 0 Å². The highest BCUT2D eigenvalue weighted by molar-refractivity contribution is 4.93. The number of rotatable bonds is 0. The minimum absolute atomic E-state index is 0.0139. The number of aliphatic hydroxyl groups excluding tert-OH is 1. The quantitative estimate of drug-likeness (QED) is 0.451. The van der Waals surface area contributed by atoms with Crippen molar-refractivity contribution in [2.24, 2.45) is 0 Å². The van der Waals surface area contributed by atoms with Crippen molar-refractivity contribution in [2.75, 3.05) is 0 Å². The summed E-state index contributed by atoms with van der Waals surface area (Å²) in [5.41, 5.74) is 0. The van der Waals surface area contributed by atoms with Crippen molar-refractivity contribution in [3.05, 3.63) is 5.92 Å². The monoisotopic (exact) mass is 99.1 g/mol. The highest BCUT2D eigenvalue weighted by Crippen LogP contribution is 2.25. The summed E-state index contributed by atoms with van der Waals surface area (Å²) in [6, 6.07) is 0. The lowest BCUT2D eigenvalue weighted by atomic mass is 10.1. The van der Waals surface area contributed by atoms with Gasteiger partial charge in [-0.2, -0.15) is 19.8 Å². The second-order valence-electron chi connectivity index (χ2n) is 2.35. The lowest BCUT2D eigenvalue weighted by Gasteiger charge is -2.11. The average molecular weight is 99.2 g/mol. The van der Waals surface area contributed by atoms with Crippen molar-refractivity contribution < 1.29 is 5.11 Å². The van der Waals surface area contributed by atoms with E-state index in [1.807, 2.05) is 0 Å². The molecule has 0 amide bonds. The molecule has 0 heterocycles. The Morgan fingerprint density at radius 3 is 2.57 bits per heavy atom. The van der Waals surface area contributed by atoms with E-state index in [-0.39, 0.29) is 6.10 Å². The molecule has 0 aromatic heterocycles. The zero-order chi connectivity index (χ0) is 5.28. The van der Waals surface area contributed by atoms with Crippen molar-refractivity contribution in [3.63, 3.8) is 0 Å². The molecule has 0 aromatic rings. The fraction of sp³-hybridized carbons (Fsp3) is 0.833. The minimum Gasteiger partial charge on any atom is -0.396 e. The molecule has 0 spiro atoms. The van der Waals surface area contributed by atoms with Gasteiger partial charge in [-0.25, -0.2) is 0 Å². The van der Waals surface area contributed by atoms with Crippen molar-refractivity contribution in [3.8, 4) is 0 Å². The molecule has 1 unspecified atom stereocenters. The summed E-state index contributed by atoms with van der Waals surface area (Å²) in [5, 5.41) is 8.88. The first-order valence-electron chi connectivity index (χ1n) is 2.78. The summed E-state index contributed by atoms with van der Waals surface area (Å²) in [5.74, 6) is 1.45. The van der Waals surface area contributed by atoms with Gasteiger partial charge in [-0.1, -0.05) is 6.42 Å². The van der Waals surface area contributed by atoms with Gasteiger partial charge in [0.05, 0.1) is 0 Å². The summed E-state index contributed by atoms with van der Waals surface area (Å²) >= 11 is 0. The second-order valence-corrected chi connectivity index (χ2v) is 2.35. The van der Waals surface area contributed by atoms with Gasteiger partial charge in [0, 0.05) is 6.10 Å². The summed E-state index contributed by atoms with van der Waals surface area (Å²) in [6.45, 7) is 2.11. The highest BCUT2D eigenvalue weighted by atomic mass is 16.3. The van der Waals surface area contributed by atoms with Crippen molar-refractivity contribution in [2.45, 2.75) is 32.3 Å². The van der Waals surface area contributed by atoms with E-state index in [0.29, 0.717) is 0 Å². The lowest BCUT2D eigenvalue weighted by Crippen LogP contribution is -1.96. The lowest BCUT2D eigenvalue weighted by molar-refractivity contribution is 0.184. The molecule has 1 saturated carbocycles. The van der Waals surface area contributed by atoms with Crippen LogP contribution in [0.3, 0.4) is 0 Å². The Morgan fingerprint density at radius 2 is 2.43 bits per heavy atom. The first-order chi connectivity index (χ1) is 3.29. The van der Waals surface area contributed by atoms with E-state index in [1.54, 1.807) is 0 Å². The van der Waals surface area contributed by atoms with Crippen LogP contribution in [0, 0.1) is 5.92 Å². The summed E-state index contributed by atoms with van der Waals surface area (Å²) in [6.07, 6.45) is 3.06. The highest BCUT2D eigenvalue weighted by Gasteiger charge is 2.06. The molecule has 0 bridgehead atoms. The molecule has 1 N–H and O–H groups in total. The number of hydrogen-bond acceptors (Lipinski definition) is 1. The zero-order valence-electron chi connectivity index (χ0n) is 4.65. The summed E-state index contributed by atoms with van der Waals surface area (Å²) in [4.78, 5) is 0. The van der Waals surface area contributed by atoms with Crippen LogP contribution >= 0.6 is 0 Å². The topological polar surface area (TPSA) is 20.2 Å².